The smallest absolute Gasteiger partial charge is 0.0674 e. The van der Waals surface area contributed by atoms with E-state index < -0.39 is 0 Å². The van der Waals surface area contributed by atoms with Gasteiger partial charge in [-0.2, -0.15) is 0 Å². The van der Waals surface area contributed by atoms with Crippen molar-refractivity contribution in [3.8, 4) is 0 Å². The first-order valence-electron chi connectivity index (χ1n) is 4.87. The zero-order chi connectivity index (χ0) is 8.67. The molecule has 2 heterocycles. The molecule has 3 rings (SSSR count). The van der Waals surface area contributed by atoms with Crippen LogP contribution < -0.4 is 4.90 Å². The molecule has 1 aromatic carbocycles. The van der Waals surface area contributed by atoms with Crippen LogP contribution in [-0.2, 0) is 11.2 Å². The van der Waals surface area contributed by atoms with E-state index in [1.165, 1.54) is 11.3 Å². The van der Waals surface area contributed by atoms with Crippen molar-refractivity contribution in [3.05, 3.63) is 29.8 Å². The van der Waals surface area contributed by atoms with Crippen molar-refractivity contribution in [2.45, 2.75) is 12.5 Å². The Morgan fingerprint density at radius 1 is 1.31 bits per heavy atom. The van der Waals surface area contributed by atoms with Gasteiger partial charge in [0.1, 0.15) is 0 Å². The molecule has 0 amide bonds. The quantitative estimate of drug-likeness (QED) is 0.591. The van der Waals surface area contributed by atoms with Crippen LogP contribution in [0.5, 0.6) is 0 Å². The van der Waals surface area contributed by atoms with E-state index in [4.69, 9.17) is 4.74 Å². The minimum Gasteiger partial charge on any atom is -0.377 e. The first-order chi connectivity index (χ1) is 6.45. The van der Waals surface area contributed by atoms with Gasteiger partial charge in [-0.3, -0.25) is 0 Å². The minimum atomic E-state index is 0.603. The highest BCUT2D eigenvalue weighted by Gasteiger charge is 2.30. The number of nitrogens with zero attached hydrogens (tertiary/aromatic N) is 1. The average Bonchev–Trinajstić information content (AvgIpc) is 2.56. The summed E-state index contributed by atoms with van der Waals surface area (Å²) in [4.78, 5) is 2.48. The number of ether oxygens (including phenoxy) is 1. The fraction of sp³-hybridized carbons (Fsp3) is 0.455. The van der Waals surface area contributed by atoms with E-state index in [1.54, 1.807) is 0 Å². The third kappa shape index (κ3) is 1.05. The summed E-state index contributed by atoms with van der Waals surface area (Å²) in [5, 5.41) is 0. The number of benzene rings is 1. The lowest BCUT2D eigenvalue weighted by atomic mass is 10.1. The third-order valence-corrected chi connectivity index (χ3v) is 2.98. The van der Waals surface area contributed by atoms with E-state index in [2.05, 4.69) is 29.2 Å². The molecule has 1 saturated heterocycles. The lowest BCUT2D eigenvalue weighted by Gasteiger charge is -2.31. The topological polar surface area (TPSA) is 12.5 Å². The van der Waals surface area contributed by atoms with Gasteiger partial charge in [0.2, 0.25) is 0 Å². The molecule has 2 nitrogen and oxygen atoms in total. The van der Waals surface area contributed by atoms with E-state index in [-0.39, 0.29) is 0 Å². The SMILES string of the molecule is c1ccc2c(c1)CC1COCCN21. The van der Waals surface area contributed by atoms with Crippen LogP contribution in [0.25, 0.3) is 0 Å². The Hall–Kier alpha value is -1.02. The number of anilines is 1. The first-order valence-corrected chi connectivity index (χ1v) is 4.87. The van der Waals surface area contributed by atoms with Crippen LogP contribution in [0, 0.1) is 0 Å². The normalized spacial score (nSPS) is 25.5. The molecule has 1 unspecified atom stereocenters. The van der Waals surface area contributed by atoms with Crippen LogP contribution in [0.1, 0.15) is 5.56 Å². The maximum atomic E-state index is 5.47. The standard InChI is InChI=1S/C11H13NO/c1-2-4-11-9(3-1)7-10-8-13-6-5-12(10)11/h1-4,10H,5-8H2. The van der Waals surface area contributed by atoms with Gasteiger partial charge in [0.15, 0.2) is 0 Å². The lowest BCUT2D eigenvalue weighted by Crippen LogP contribution is -2.43. The van der Waals surface area contributed by atoms with Crippen LogP contribution in [0.15, 0.2) is 24.3 Å². The van der Waals surface area contributed by atoms with Crippen LogP contribution in [0.4, 0.5) is 5.69 Å². The molecule has 2 aliphatic heterocycles. The van der Waals surface area contributed by atoms with Crippen LogP contribution in [-0.4, -0.2) is 25.8 Å². The van der Waals surface area contributed by atoms with E-state index in [9.17, 15) is 0 Å². The molecular formula is C11H13NO. The average molecular weight is 175 g/mol. The van der Waals surface area contributed by atoms with Gasteiger partial charge in [0.05, 0.1) is 19.3 Å². The molecule has 0 N–H and O–H groups in total. The van der Waals surface area contributed by atoms with Crippen molar-refractivity contribution in [1.29, 1.82) is 0 Å². The van der Waals surface area contributed by atoms with Gasteiger partial charge in [-0.1, -0.05) is 18.2 Å². The van der Waals surface area contributed by atoms with Crippen molar-refractivity contribution in [1.82, 2.24) is 0 Å². The zero-order valence-corrected chi connectivity index (χ0v) is 7.57. The minimum absolute atomic E-state index is 0.603. The van der Waals surface area contributed by atoms with Gasteiger partial charge in [-0.15, -0.1) is 0 Å². The highest BCUT2D eigenvalue weighted by molar-refractivity contribution is 5.59. The Labute approximate surface area is 78.1 Å². The van der Waals surface area contributed by atoms with Crippen LogP contribution in [0.3, 0.4) is 0 Å². The molecule has 0 saturated carbocycles. The van der Waals surface area contributed by atoms with Crippen molar-refractivity contribution < 1.29 is 4.74 Å². The van der Waals surface area contributed by atoms with Gasteiger partial charge in [-0.05, 0) is 18.1 Å². The molecule has 0 aromatic heterocycles. The summed E-state index contributed by atoms with van der Waals surface area (Å²) < 4.78 is 5.47. The van der Waals surface area contributed by atoms with E-state index in [0.29, 0.717) is 6.04 Å². The van der Waals surface area contributed by atoms with Gasteiger partial charge in [-0.25, -0.2) is 0 Å². The second-order valence-electron chi connectivity index (χ2n) is 3.75. The molecule has 68 valence electrons. The summed E-state index contributed by atoms with van der Waals surface area (Å²) in [5.41, 5.74) is 2.91. The molecule has 0 bridgehead atoms. The van der Waals surface area contributed by atoms with E-state index in [1.807, 2.05) is 0 Å². The predicted molar refractivity (Wildman–Crippen MR) is 52.1 cm³/mol. The molecule has 1 atom stereocenters. The highest BCUT2D eigenvalue weighted by Crippen LogP contribution is 2.32. The summed E-state index contributed by atoms with van der Waals surface area (Å²) in [6.07, 6.45) is 1.16. The molecule has 0 spiro atoms. The third-order valence-electron chi connectivity index (χ3n) is 2.98. The second-order valence-corrected chi connectivity index (χ2v) is 3.75. The molecule has 1 aromatic rings. The monoisotopic (exact) mass is 175 g/mol. The summed E-state index contributed by atoms with van der Waals surface area (Å²) in [6.45, 7) is 2.83. The molecule has 1 fully saturated rings. The molecule has 2 heteroatoms. The number of morpholine rings is 1. The number of fused-ring (bicyclic) bond motifs is 3. The van der Waals surface area contributed by atoms with Crippen molar-refractivity contribution in [2.24, 2.45) is 0 Å². The number of para-hydroxylation sites is 1. The highest BCUT2D eigenvalue weighted by atomic mass is 16.5. The summed E-state index contributed by atoms with van der Waals surface area (Å²) in [7, 11) is 0. The zero-order valence-electron chi connectivity index (χ0n) is 7.57. The molecule has 13 heavy (non-hydrogen) atoms. The maximum absolute atomic E-state index is 5.47. The molecule has 0 aliphatic carbocycles. The largest absolute Gasteiger partial charge is 0.377 e. The Kier molecular flexibility index (Phi) is 1.56. The van der Waals surface area contributed by atoms with Gasteiger partial charge < -0.3 is 9.64 Å². The second kappa shape index (κ2) is 2.74. The maximum Gasteiger partial charge on any atom is 0.0674 e. The van der Waals surface area contributed by atoms with Crippen LogP contribution >= 0.6 is 0 Å². The van der Waals surface area contributed by atoms with E-state index >= 15 is 0 Å². The number of hydrogen-bond acceptors (Lipinski definition) is 2. The van der Waals surface area contributed by atoms with E-state index in [0.717, 1.165) is 26.2 Å². The van der Waals surface area contributed by atoms with Crippen LogP contribution in [0.2, 0.25) is 0 Å². The Morgan fingerprint density at radius 2 is 2.23 bits per heavy atom. The fourth-order valence-corrected chi connectivity index (χ4v) is 2.36. The fourth-order valence-electron chi connectivity index (χ4n) is 2.36. The van der Waals surface area contributed by atoms with Crippen molar-refractivity contribution in [3.63, 3.8) is 0 Å². The van der Waals surface area contributed by atoms with Crippen molar-refractivity contribution in [2.75, 3.05) is 24.7 Å². The van der Waals surface area contributed by atoms with Gasteiger partial charge >= 0.3 is 0 Å². The van der Waals surface area contributed by atoms with Gasteiger partial charge in [0.25, 0.3) is 0 Å². The molecule has 2 aliphatic rings. The summed E-state index contributed by atoms with van der Waals surface area (Å²) in [5.74, 6) is 0. The van der Waals surface area contributed by atoms with Crippen molar-refractivity contribution >= 4 is 5.69 Å². The Balaban J connectivity index is 2.01. The summed E-state index contributed by atoms with van der Waals surface area (Å²) >= 11 is 0. The molecular weight excluding hydrogens is 162 g/mol. The number of hydrogen-bond donors (Lipinski definition) is 0. The first kappa shape index (κ1) is 7.39. The van der Waals surface area contributed by atoms with Gasteiger partial charge in [0, 0.05) is 12.2 Å². The predicted octanol–water partition coefficient (Wildman–Crippen LogP) is 1.45. The Morgan fingerprint density at radius 3 is 3.23 bits per heavy atom. The number of rotatable bonds is 0. The molecule has 0 radical (unpaired) electrons. The lowest BCUT2D eigenvalue weighted by molar-refractivity contribution is 0.0976. The Bertz CT molecular complexity index is 324. The summed E-state index contributed by atoms with van der Waals surface area (Å²) in [6, 6.07) is 9.30.